The Morgan fingerprint density at radius 1 is 0.538 bits per heavy atom. The second-order valence-corrected chi connectivity index (χ2v) is 5.58. The highest BCUT2D eigenvalue weighted by atomic mass is 16.5. The van der Waals surface area contributed by atoms with Crippen LogP contribution in [-0.2, 0) is 0 Å². The summed E-state index contributed by atoms with van der Waals surface area (Å²) in [6.45, 7) is 0. The van der Waals surface area contributed by atoms with E-state index in [1.165, 1.54) is 0 Å². The van der Waals surface area contributed by atoms with Crippen molar-refractivity contribution in [2.24, 2.45) is 9.98 Å². The first-order chi connectivity index (χ1) is 12.8. The number of benzene rings is 3. The molecule has 4 nitrogen and oxygen atoms in total. The molecule has 26 heavy (non-hydrogen) atoms. The highest BCUT2D eigenvalue weighted by molar-refractivity contribution is 5.83. The maximum atomic E-state index is 5.15. The van der Waals surface area contributed by atoms with Gasteiger partial charge in [-0.3, -0.25) is 9.98 Å². The van der Waals surface area contributed by atoms with Crippen LogP contribution in [0.5, 0.6) is 11.5 Å². The molecule has 3 rings (SSSR count). The largest absolute Gasteiger partial charge is 0.497 e. The van der Waals surface area contributed by atoms with Crippen molar-refractivity contribution >= 4 is 23.8 Å². The van der Waals surface area contributed by atoms with E-state index in [0.29, 0.717) is 0 Å². The lowest BCUT2D eigenvalue weighted by Crippen LogP contribution is -1.84. The molecule has 0 aliphatic heterocycles. The minimum Gasteiger partial charge on any atom is -0.497 e. The number of rotatable bonds is 6. The van der Waals surface area contributed by atoms with Crippen LogP contribution in [0.15, 0.2) is 82.8 Å². The summed E-state index contributed by atoms with van der Waals surface area (Å²) in [6.07, 6.45) is 3.66. The molecule has 0 unspecified atom stereocenters. The third kappa shape index (κ3) is 4.80. The average Bonchev–Trinajstić information content (AvgIpc) is 2.72. The van der Waals surface area contributed by atoms with Crippen molar-refractivity contribution in [1.82, 2.24) is 0 Å². The Kier molecular flexibility index (Phi) is 5.78. The highest BCUT2D eigenvalue weighted by Crippen LogP contribution is 2.19. The molecule has 0 heterocycles. The predicted molar refractivity (Wildman–Crippen MR) is 107 cm³/mol. The number of aliphatic imine (C=N–C) groups is 2. The van der Waals surface area contributed by atoms with Gasteiger partial charge in [0.2, 0.25) is 0 Å². The van der Waals surface area contributed by atoms with Gasteiger partial charge in [0.1, 0.15) is 11.5 Å². The van der Waals surface area contributed by atoms with E-state index in [1.54, 1.807) is 14.2 Å². The van der Waals surface area contributed by atoms with E-state index < -0.39 is 0 Å². The van der Waals surface area contributed by atoms with Crippen LogP contribution < -0.4 is 9.47 Å². The van der Waals surface area contributed by atoms with Crippen molar-refractivity contribution in [1.29, 1.82) is 0 Å². The molecule has 3 aromatic carbocycles. The SMILES string of the molecule is COc1ccc(/C=N/c2ccc(/N=C/c3ccc(OC)cc3)cc2)cc1. The third-order valence-corrected chi connectivity index (χ3v) is 3.81. The molecule has 0 aromatic heterocycles. The van der Waals surface area contributed by atoms with Gasteiger partial charge in [-0.15, -0.1) is 0 Å². The van der Waals surface area contributed by atoms with Crippen LogP contribution in [0.4, 0.5) is 11.4 Å². The first-order valence-electron chi connectivity index (χ1n) is 8.23. The summed E-state index contributed by atoms with van der Waals surface area (Å²) < 4.78 is 10.3. The Labute approximate surface area is 153 Å². The van der Waals surface area contributed by atoms with Crippen molar-refractivity contribution in [3.8, 4) is 11.5 Å². The number of hydrogen-bond donors (Lipinski definition) is 0. The molecule has 0 atom stereocenters. The molecule has 0 saturated carbocycles. The lowest BCUT2D eigenvalue weighted by atomic mass is 10.2. The molecule has 0 bridgehead atoms. The van der Waals surface area contributed by atoms with Gasteiger partial charge in [0.05, 0.1) is 25.6 Å². The fourth-order valence-electron chi connectivity index (χ4n) is 2.30. The van der Waals surface area contributed by atoms with Crippen LogP contribution in [0.2, 0.25) is 0 Å². The summed E-state index contributed by atoms with van der Waals surface area (Å²) in [6, 6.07) is 23.3. The lowest BCUT2D eigenvalue weighted by Gasteiger charge is -2.00. The molecule has 0 N–H and O–H groups in total. The third-order valence-electron chi connectivity index (χ3n) is 3.81. The Morgan fingerprint density at radius 2 is 0.885 bits per heavy atom. The zero-order chi connectivity index (χ0) is 18.2. The predicted octanol–water partition coefficient (Wildman–Crippen LogP) is 5.21. The smallest absolute Gasteiger partial charge is 0.118 e. The van der Waals surface area contributed by atoms with Crippen molar-refractivity contribution in [2.45, 2.75) is 0 Å². The second kappa shape index (κ2) is 8.62. The lowest BCUT2D eigenvalue weighted by molar-refractivity contribution is 0.414. The molecule has 0 aliphatic rings. The van der Waals surface area contributed by atoms with E-state index in [4.69, 9.17) is 9.47 Å². The van der Waals surface area contributed by atoms with Gasteiger partial charge in [-0.2, -0.15) is 0 Å². The monoisotopic (exact) mass is 344 g/mol. The van der Waals surface area contributed by atoms with Crippen LogP contribution in [0.3, 0.4) is 0 Å². The maximum Gasteiger partial charge on any atom is 0.118 e. The minimum atomic E-state index is 0.834. The summed E-state index contributed by atoms with van der Waals surface area (Å²) in [5, 5.41) is 0. The first-order valence-corrected chi connectivity index (χ1v) is 8.23. The molecular weight excluding hydrogens is 324 g/mol. The molecule has 0 fully saturated rings. The zero-order valence-corrected chi connectivity index (χ0v) is 14.8. The number of hydrogen-bond acceptors (Lipinski definition) is 4. The van der Waals surface area contributed by atoms with Crippen molar-refractivity contribution < 1.29 is 9.47 Å². The standard InChI is InChI=1S/C22H20N2O2/c1-25-21-11-3-17(4-12-21)15-23-19-7-9-20(10-8-19)24-16-18-5-13-22(26-2)14-6-18/h3-16H,1-2H3/b23-15+,24-16+. The number of methoxy groups -OCH3 is 2. The molecule has 0 spiro atoms. The van der Waals surface area contributed by atoms with Crippen LogP contribution in [-0.4, -0.2) is 26.6 Å². The second-order valence-electron chi connectivity index (χ2n) is 5.58. The van der Waals surface area contributed by atoms with E-state index >= 15 is 0 Å². The molecule has 4 heteroatoms. The molecular formula is C22H20N2O2. The average molecular weight is 344 g/mol. The summed E-state index contributed by atoms with van der Waals surface area (Å²) in [4.78, 5) is 8.96. The minimum absolute atomic E-state index is 0.834. The van der Waals surface area contributed by atoms with Crippen LogP contribution in [0.25, 0.3) is 0 Å². The van der Waals surface area contributed by atoms with Gasteiger partial charge in [-0.05, 0) is 83.9 Å². The summed E-state index contributed by atoms with van der Waals surface area (Å²) in [5.41, 5.74) is 3.80. The van der Waals surface area contributed by atoms with Gasteiger partial charge in [0.25, 0.3) is 0 Å². The fourth-order valence-corrected chi connectivity index (χ4v) is 2.30. The summed E-state index contributed by atoms with van der Waals surface area (Å²) in [7, 11) is 3.31. The Balaban J connectivity index is 1.63. The van der Waals surface area contributed by atoms with Crippen molar-refractivity contribution in [3.63, 3.8) is 0 Å². The van der Waals surface area contributed by atoms with Crippen molar-refractivity contribution in [3.05, 3.63) is 83.9 Å². The first kappa shape index (κ1) is 17.4. The van der Waals surface area contributed by atoms with E-state index in [2.05, 4.69) is 9.98 Å². The van der Waals surface area contributed by atoms with Gasteiger partial charge in [0.15, 0.2) is 0 Å². The van der Waals surface area contributed by atoms with Crippen LogP contribution in [0.1, 0.15) is 11.1 Å². The number of nitrogens with zero attached hydrogens (tertiary/aromatic N) is 2. The molecule has 0 saturated heterocycles. The molecule has 0 radical (unpaired) electrons. The molecule has 0 aliphatic carbocycles. The topological polar surface area (TPSA) is 43.2 Å². The Hall–Kier alpha value is -3.40. The van der Waals surface area contributed by atoms with Gasteiger partial charge >= 0.3 is 0 Å². The normalized spacial score (nSPS) is 11.2. The number of ether oxygens (including phenoxy) is 2. The van der Waals surface area contributed by atoms with E-state index in [9.17, 15) is 0 Å². The van der Waals surface area contributed by atoms with E-state index in [-0.39, 0.29) is 0 Å². The Morgan fingerprint density at radius 3 is 1.19 bits per heavy atom. The van der Waals surface area contributed by atoms with Gasteiger partial charge in [0, 0.05) is 12.4 Å². The van der Waals surface area contributed by atoms with E-state index in [0.717, 1.165) is 34.0 Å². The molecule has 0 amide bonds. The summed E-state index contributed by atoms with van der Waals surface area (Å²) in [5.74, 6) is 1.67. The van der Waals surface area contributed by atoms with Gasteiger partial charge in [-0.25, -0.2) is 0 Å². The molecule has 130 valence electrons. The van der Waals surface area contributed by atoms with Crippen LogP contribution in [0, 0.1) is 0 Å². The quantitative estimate of drug-likeness (QED) is 0.577. The zero-order valence-electron chi connectivity index (χ0n) is 14.8. The fraction of sp³-hybridized carbons (Fsp3) is 0.0909. The van der Waals surface area contributed by atoms with E-state index in [1.807, 2.05) is 85.2 Å². The summed E-state index contributed by atoms with van der Waals surface area (Å²) >= 11 is 0. The van der Waals surface area contributed by atoms with Gasteiger partial charge < -0.3 is 9.47 Å². The van der Waals surface area contributed by atoms with Crippen molar-refractivity contribution in [2.75, 3.05) is 14.2 Å². The molecule has 3 aromatic rings. The Bertz CT molecular complexity index is 804. The maximum absolute atomic E-state index is 5.15. The van der Waals surface area contributed by atoms with Gasteiger partial charge in [-0.1, -0.05) is 0 Å². The highest BCUT2D eigenvalue weighted by Gasteiger charge is 1.94. The van der Waals surface area contributed by atoms with Crippen LogP contribution >= 0.6 is 0 Å².